The number of benzene rings is 2. The molecule has 1 aromatic heterocycles. The van der Waals surface area contributed by atoms with E-state index in [-0.39, 0.29) is 5.82 Å². The van der Waals surface area contributed by atoms with Crippen LogP contribution in [0.5, 0.6) is 0 Å². The summed E-state index contributed by atoms with van der Waals surface area (Å²) in [6, 6.07) is 17.6. The normalized spacial score (nSPS) is 10.1. The van der Waals surface area contributed by atoms with E-state index in [9.17, 15) is 4.39 Å². The largest absolute Gasteiger partial charge is 0.350 e. The quantitative estimate of drug-likeness (QED) is 0.734. The molecule has 0 bridgehead atoms. The summed E-state index contributed by atoms with van der Waals surface area (Å²) in [7, 11) is 0. The lowest BCUT2D eigenvalue weighted by Crippen LogP contribution is -2.07. The molecule has 5 nitrogen and oxygen atoms in total. The van der Waals surface area contributed by atoms with E-state index in [4.69, 9.17) is 5.26 Å². The van der Waals surface area contributed by atoms with Gasteiger partial charge in [-0.25, -0.2) is 9.37 Å². The van der Waals surface area contributed by atoms with Gasteiger partial charge in [0.1, 0.15) is 11.6 Å². The van der Waals surface area contributed by atoms with E-state index in [1.807, 2.05) is 13.0 Å². The molecule has 2 N–H and O–H groups in total. The standard InChI is InChI=1S/C19H16FN5/c1-13-9-18(24-16-7-4-5-14(10-16)11-21)25-19(23-13)22-12-15-6-2-3-8-17(15)20/h2-10H,12H2,1H3,(H2,22,23,24,25). The molecule has 0 saturated heterocycles. The fourth-order valence-electron chi connectivity index (χ4n) is 2.34. The number of nitriles is 1. The maximum atomic E-state index is 13.7. The fourth-order valence-corrected chi connectivity index (χ4v) is 2.34. The molecule has 0 spiro atoms. The minimum atomic E-state index is -0.269. The average molecular weight is 333 g/mol. The predicted molar refractivity (Wildman–Crippen MR) is 94.9 cm³/mol. The molecule has 0 unspecified atom stereocenters. The van der Waals surface area contributed by atoms with E-state index in [0.717, 1.165) is 11.4 Å². The molecule has 0 aliphatic rings. The Balaban J connectivity index is 1.76. The molecule has 3 aromatic rings. The summed E-state index contributed by atoms with van der Waals surface area (Å²) >= 11 is 0. The predicted octanol–water partition coefficient (Wildman–Crippen LogP) is 4.15. The van der Waals surface area contributed by atoms with Gasteiger partial charge in [0, 0.05) is 29.6 Å². The monoisotopic (exact) mass is 333 g/mol. The molecule has 2 aromatic carbocycles. The highest BCUT2D eigenvalue weighted by atomic mass is 19.1. The van der Waals surface area contributed by atoms with Crippen molar-refractivity contribution in [2.24, 2.45) is 0 Å². The molecule has 3 rings (SSSR count). The smallest absolute Gasteiger partial charge is 0.225 e. The maximum Gasteiger partial charge on any atom is 0.225 e. The lowest BCUT2D eigenvalue weighted by atomic mass is 10.2. The average Bonchev–Trinajstić information content (AvgIpc) is 2.61. The third kappa shape index (κ3) is 4.30. The third-order valence-electron chi connectivity index (χ3n) is 3.51. The summed E-state index contributed by atoms with van der Waals surface area (Å²) in [6.07, 6.45) is 0. The summed E-state index contributed by atoms with van der Waals surface area (Å²) in [6.45, 7) is 2.15. The van der Waals surface area contributed by atoms with Crippen LogP contribution in [0.15, 0.2) is 54.6 Å². The Morgan fingerprint density at radius 3 is 2.72 bits per heavy atom. The number of aryl methyl sites for hydroxylation is 1. The van der Waals surface area contributed by atoms with Crippen molar-refractivity contribution in [3.8, 4) is 6.07 Å². The molecule has 0 aliphatic carbocycles. The molecular weight excluding hydrogens is 317 g/mol. The second-order valence-corrected chi connectivity index (χ2v) is 5.48. The molecule has 124 valence electrons. The Labute approximate surface area is 145 Å². The number of nitrogens with one attached hydrogen (secondary N) is 2. The Bertz CT molecular complexity index is 933. The summed E-state index contributed by atoms with van der Waals surface area (Å²) in [5.41, 5.74) is 2.64. The fraction of sp³-hybridized carbons (Fsp3) is 0.105. The molecule has 0 saturated carbocycles. The number of hydrogen-bond acceptors (Lipinski definition) is 5. The highest BCUT2D eigenvalue weighted by Gasteiger charge is 2.05. The SMILES string of the molecule is Cc1cc(Nc2cccc(C#N)c2)nc(NCc2ccccc2F)n1. The number of aromatic nitrogens is 2. The molecule has 0 atom stereocenters. The minimum Gasteiger partial charge on any atom is -0.350 e. The highest BCUT2D eigenvalue weighted by Crippen LogP contribution is 2.18. The van der Waals surface area contributed by atoms with Crippen LogP contribution < -0.4 is 10.6 Å². The highest BCUT2D eigenvalue weighted by molar-refractivity contribution is 5.59. The number of halogens is 1. The van der Waals surface area contributed by atoms with Crippen LogP contribution in [-0.4, -0.2) is 9.97 Å². The summed E-state index contributed by atoms with van der Waals surface area (Å²) in [5.74, 6) is 0.732. The number of anilines is 3. The van der Waals surface area contributed by atoms with Gasteiger partial charge in [0.05, 0.1) is 11.6 Å². The van der Waals surface area contributed by atoms with Crippen LogP contribution in [0.25, 0.3) is 0 Å². The van der Waals surface area contributed by atoms with Gasteiger partial charge < -0.3 is 10.6 Å². The molecule has 6 heteroatoms. The Morgan fingerprint density at radius 1 is 1.08 bits per heavy atom. The Morgan fingerprint density at radius 2 is 1.92 bits per heavy atom. The van der Waals surface area contributed by atoms with Crippen LogP contribution in [0, 0.1) is 24.1 Å². The minimum absolute atomic E-state index is 0.269. The zero-order valence-corrected chi connectivity index (χ0v) is 13.6. The van der Waals surface area contributed by atoms with Crippen molar-refractivity contribution in [3.63, 3.8) is 0 Å². The molecule has 0 radical (unpaired) electrons. The molecule has 1 heterocycles. The van der Waals surface area contributed by atoms with Crippen molar-refractivity contribution in [1.29, 1.82) is 5.26 Å². The zero-order valence-electron chi connectivity index (χ0n) is 13.6. The number of nitrogens with zero attached hydrogens (tertiary/aromatic N) is 3. The number of hydrogen-bond donors (Lipinski definition) is 2. The topological polar surface area (TPSA) is 73.6 Å². The summed E-state index contributed by atoms with van der Waals surface area (Å²) in [5, 5.41) is 15.2. The van der Waals surface area contributed by atoms with E-state index in [1.165, 1.54) is 6.07 Å². The van der Waals surface area contributed by atoms with Gasteiger partial charge in [-0.2, -0.15) is 10.2 Å². The van der Waals surface area contributed by atoms with Gasteiger partial charge in [0.25, 0.3) is 0 Å². The van der Waals surface area contributed by atoms with Crippen LogP contribution in [0.4, 0.5) is 21.8 Å². The van der Waals surface area contributed by atoms with E-state index < -0.39 is 0 Å². The lowest BCUT2D eigenvalue weighted by molar-refractivity contribution is 0.612. The Hall–Kier alpha value is -3.46. The van der Waals surface area contributed by atoms with Gasteiger partial charge in [-0.1, -0.05) is 24.3 Å². The Kier molecular flexibility index (Phi) is 4.86. The molecule has 25 heavy (non-hydrogen) atoms. The van der Waals surface area contributed by atoms with Crippen molar-refractivity contribution in [2.75, 3.05) is 10.6 Å². The van der Waals surface area contributed by atoms with Crippen LogP contribution in [0.3, 0.4) is 0 Å². The van der Waals surface area contributed by atoms with E-state index in [2.05, 4.69) is 26.7 Å². The maximum absolute atomic E-state index is 13.7. The lowest BCUT2D eigenvalue weighted by Gasteiger charge is -2.10. The van der Waals surface area contributed by atoms with Crippen molar-refractivity contribution in [3.05, 3.63) is 77.2 Å². The zero-order chi connectivity index (χ0) is 17.6. The van der Waals surface area contributed by atoms with Gasteiger partial charge in [-0.05, 0) is 31.2 Å². The summed E-state index contributed by atoms with van der Waals surface area (Å²) in [4.78, 5) is 8.71. The third-order valence-corrected chi connectivity index (χ3v) is 3.51. The summed E-state index contributed by atoms with van der Waals surface area (Å²) < 4.78 is 13.7. The van der Waals surface area contributed by atoms with Gasteiger partial charge in [0.15, 0.2) is 0 Å². The first-order valence-corrected chi connectivity index (χ1v) is 7.74. The molecule has 0 aliphatic heterocycles. The van der Waals surface area contributed by atoms with Crippen LogP contribution >= 0.6 is 0 Å². The van der Waals surface area contributed by atoms with Gasteiger partial charge in [-0.15, -0.1) is 0 Å². The van der Waals surface area contributed by atoms with Gasteiger partial charge in [-0.3, -0.25) is 0 Å². The van der Waals surface area contributed by atoms with Crippen molar-refractivity contribution in [2.45, 2.75) is 13.5 Å². The number of rotatable bonds is 5. The van der Waals surface area contributed by atoms with Crippen molar-refractivity contribution < 1.29 is 4.39 Å². The first kappa shape index (κ1) is 16.4. The second kappa shape index (κ2) is 7.41. The first-order chi connectivity index (χ1) is 12.1. The molecule has 0 amide bonds. The van der Waals surface area contributed by atoms with Crippen molar-refractivity contribution in [1.82, 2.24) is 9.97 Å². The van der Waals surface area contributed by atoms with E-state index in [0.29, 0.717) is 29.4 Å². The van der Waals surface area contributed by atoms with E-state index >= 15 is 0 Å². The van der Waals surface area contributed by atoms with Crippen LogP contribution in [0.1, 0.15) is 16.8 Å². The van der Waals surface area contributed by atoms with Crippen molar-refractivity contribution >= 4 is 17.5 Å². The van der Waals surface area contributed by atoms with Gasteiger partial charge in [0.2, 0.25) is 5.95 Å². The van der Waals surface area contributed by atoms with Crippen LogP contribution in [0.2, 0.25) is 0 Å². The van der Waals surface area contributed by atoms with E-state index in [1.54, 1.807) is 42.5 Å². The first-order valence-electron chi connectivity index (χ1n) is 7.74. The second-order valence-electron chi connectivity index (χ2n) is 5.48. The van der Waals surface area contributed by atoms with Gasteiger partial charge >= 0.3 is 0 Å². The van der Waals surface area contributed by atoms with Crippen LogP contribution in [-0.2, 0) is 6.54 Å². The molecular formula is C19H16FN5. The molecule has 0 fully saturated rings.